The van der Waals surface area contributed by atoms with E-state index >= 15 is 0 Å². The molecule has 0 spiro atoms. The fourth-order valence-corrected chi connectivity index (χ4v) is 0.524. The van der Waals surface area contributed by atoms with Crippen LogP contribution in [0.1, 0.15) is 26.7 Å². The molecular formula is C7H14O3. The van der Waals surface area contributed by atoms with Crippen LogP contribution in [0, 0.1) is 5.41 Å². The lowest BCUT2D eigenvalue weighted by atomic mass is 9.89. The van der Waals surface area contributed by atoms with E-state index < -0.39 is 5.97 Å². The van der Waals surface area contributed by atoms with Gasteiger partial charge in [0.1, 0.15) is 0 Å². The molecule has 0 unspecified atom stereocenters. The number of rotatable bonds is 4. The molecule has 0 aromatic carbocycles. The molecule has 0 bridgehead atoms. The topological polar surface area (TPSA) is 57.5 Å². The van der Waals surface area contributed by atoms with Gasteiger partial charge in [-0.25, -0.2) is 0 Å². The number of hydrogen-bond donors (Lipinski definition) is 2. The van der Waals surface area contributed by atoms with E-state index in [0.29, 0.717) is 6.42 Å². The van der Waals surface area contributed by atoms with Crippen molar-refractivity contribution in [3.8, 4) is 0 Å². The second kappa shape index (κ2) is 3.56. The Bertz CT molecular complexity index is 118. The van der Waals surface area contributed by atoms with Crippen molar-refractivity contribution in [2.45, 2.75) is 26.7 Å². The Morgan fingerprint density at radius 2 is 2.00 bits per heavy atom. The minimum Gasteiger partial charge on any atom is -0.481 e. The lowest BCUT2D eigenvalue weighted by Crippen LogP contribution is -2.17. The van der Waals surface area contributed by atoms with Crippen LogP contribution in [0.2, 0.25) is 0 Å². The van der Waals surface area contributed by atoms with Crippen molar-refractivity contribution >= 4 is 5.97 Å². The highest BCUT2D eigenvalue weighted by atomic mass is 16.4. The maximum atomic E-state index is 10.1. The smallest absolute Gasteiger partial charge is 0.303 e. The maximum absolute atomic E-state index is 10.1. The van der Waals surface area contributed by atoms with Gasteiger partial charge in [0.25, 0.3) is 0 Å². The Balaban J connectivity index is 3.56. The SMILES string of the molecule is CC(C)(CO)CCC(=O)O. The minimum absolute atomic E-state index is 0.0419. The molecular weight excluding hydrogens is 132 g/mol. The van der Waals surface area contributed by atoms with Gasteiger partial charge in [-0.2, -0.15) is 0 Å². The molecule has 0 aliphatic rings. The summed E-state index contributed by atoms with van der Waals surface area (Å²) in [7, 11) is 0. The van der Waals surface area contributed by atoms with E-state index in [4.69, 9.17) is 10.2 Å². The molecule has 0 aliphatic heterocycles. The van der Waals surface area contributed by atoms with Gasteiger partial charge >= 0.3 is 5.97 Å². The molecule has 10 heavy (non-hydrogen) atoms. The van der Waals surface area contributed by atoms with Gasteiger partial charge in [0.2, 0.25) is 0 Å². The van der Waals surface area contributed by atoms with Gasteiger partial charge < -0.3 is 10.2 Å². The van der Waals surface area contributed by atoms with Gasteiger partial charge in [-0.1, -0.05) is 13.8 Å². The number of hydrogen-bond acceptors (Lipinski definition) is 2. The summed E-state index contributed by atoms with van der Waals surface area (Å²) < 4.78 is 0. The average Bonchev–Trinajstić information content (AvgIpc) is 1.85. The van der Waals surface area contributed by atoms with E-state index in [9.17, 15) is 4.79 Å². The molecule has 3 nitrogen and oxygen atoms in total. The minimum atomic E-state index is -0.804. The normalized spacial score (nSPS) is 11.5. The quantitative estimate of drug-likeness (QED) is 0.618. The highest BCUT2D eigenvalue weighted by Crippen LogP contribution is 2.20. The zero-order valence-electron chi connectivity index (χ0n) is 6.42. The van der Waals surface area contributed by atoms with Crippen molar-refractivity contribution in [2.24, 2.45) is 5.41 Å². The van der Waals surface area contributed by atoms with Crippen molar-refractivity contribution in [3.63, 3.8) is 0 Å². The van der Waals surface area contributed by atoms with Crippen molar-refractivity contribution in [1.29, 1.82) is 0 Å². The number of aliphatic carboxylic acids is 1. The summed E-state index contributed by atoms with van der Waals surface area (Å²) in [5.74, 6) is -0.804. The third kappa shape index (κ3) is 4.32. The van der Waals surface area contributed by atoms with Crippen LogP contribution >= 0.6 is 0 Å². The fourth-order valence-electron chi connectivity index (χ4n) is 0.524. The first-order chi connectivity index (χ1) is 4.48. The third-order valence-electron chi connectivity index (χ3n) is 1.44. The lowest BCUT2D eigenvalue weighted by Gasteiger charge is -2.19. The number of carbonyl (C=O) groups is 1. The van der Waals surface area contributed by atoms with Crippen molar-refractivity contribution in [3.05, 3.63) is 0 Å². The van der Waals surface area contributed by atoms with E-state index in [1.165, 1.54) is 0 Å². The largest absolute Gasteiger partial charge is 0.481 e. The zero-order valence-corrected chi connectivity index (χ0v) is 6.42. The van der Waals surface area contributed by atoms with E-state index in [2.05, 4.69) is 0 Å². The fraction of sp³-hybridized carbons (Fsp3) is 0.857. The van der Waals surface area contributed by atoms with Gasteiger partial charge in [0, 0.05) is 13.0 Å². The van der Waals surface area contributed by atoms with Crippen LogP contribution in [-0.4, -0.2) is 22.8 Å². The van der Waals surface area contributed by atoms with E-state index in [-0.39, 0.29) is 18.4 Å². The van der Waals surface area contributed by atoms with Crippen LogP contribution in [0.4, 0.5) is 0 Å². The van der Waals surface area contributed by atoms with Crippen LogP contribution < -0.4 is 0 Å². The van der Waals surface area contributed by atoms with Crippen LogP contribution in [0.3, 0.4) is 0 Å². The molecule has 0 fully saturated rings. The Morgan fingerprint density at radius 3 is 2.30 bits per heavy atom. The van der Waals surface area contributed by atoms with Gasteiger partial charge in [0.15, 0.2) is 0 Å². The van der Waals surface area contributed by atoms with Gasteiger partial charge in [0.05, 0.1) is 0 Å². The number of aliphatic hydroxyl groups is 1. The number of carboxylic acids is 1. The molecule has 0 saturated heterocycles. The summed E-state index contributed by atoms with van der Waals surface area (Å²) in [6, 6.07) is 0. The summed E-state index contributed by atoms with van der Waals surface area (Å²) >= 11 is 0. The highest BCUT2D eigenvalue weighted by Gasteiger charge is 2.17. The van der Waals surface area contributed by atoms with Gasteiger partial charge in [-0.15, -0.1) is 0 Å². The molecule has 0 heterocycles. The number of carboxylic acid groups (broad SMARTS) is 1. The first-order valence-electron chi connectivity index (χ1n) is 3.30. The van der Waals surface area contributed by atoms with Crippen LogP contribution in [0.25, 0.3) is 0 Å². The molecule has 2 N–H and O–H groups in total. The first kappa shape index (κ1) is 9.43. The van der Waals surface area contributed by atoms with Crippen LogP contribution in [-0.2, 0) is 4.79 Å². The summed E-state index contributed by atoms with van der Waals surface area (Å²) in [6.45, 7) is 3.73. The first-order valence-corrected chi connectivity index (χ1v) is 3.30. The summed E-state index contributed by atoms with van der Waals surface area (Å²) in [5, 5.41) is 17.0. The van der Waals surface area contributed by atoms with E-state index in [1.807, 2.05) is 13.8 Å². The Kier molecular flexibility index (Phi) is 3.36. The molecule has 3 heteroatoms. The Labute approximate surface area is 60.7 Å². The molecule has 0 atom stereocenters. The van der Waals surface area contributed by atoms with Crippen LogP contribution in [0.15, 0.2) is 0 Å². The molecule has 0 aromatic heterocycles. The van der Waals surface area contributed by atoms with Crippen molar-refractivity contribution in [1.82, 2.24) is 0 Å². The van der Waals surface area contributed by atoms with Crippen LogP contribution in [0.5, 0.6) is 0 Å². The molecule has 0 aromatic rings. The summed E-state index contributed by atoms with van der Waals surface area (Å²) in [4.78, 5) is 10.1. The average molecular weight is 146 g/mol. The molecule has 0 saturated carbocycles. The third-order valence-corrected chi connectivity index (χ3v) is 1.44. The molecule has 0 amide bonds. The monoisotopic (exact) mass is 146 g/mol. The highest BCUT2D eigenvalue weighted by molar-refractivity contribution is 5.66. The predicted molar refractivity (Wildman–Crippen MR) is 37.7 cm³/mol. The molecule has 0 aliphatic carbocycles. The Hall–Kier alpha value is -0.570. The summed E-state index contributed by atoms with van der Waals surface area (Å²) in [5.41, 5.74) is -0.252. The van der Waals surface area contributed by atoms with Gasteiger partial charge in [-0.3, -0.25) is 4.79 Å². The number of aliphatic hydroxyl groups excluding tert-OH is 1. The standard InChI is InChI=1S/C7H14O3/c1-7(2,5-8)4-3-6(9)10/h8H,3-5H2,1-2H3,(H,9,10). The van der Waals surface area contributed by atoms with Crippen molar-refractivity contribution < 1.29 is 15.0 Å². The van der Waals surface area contributed by atoms with E-state index in [0.717, 1.165) is 0 Å². The summed E-state index contributed by atoms with van der Waals surface area (Å²) in [6.07, 6.45) is 0.659. The zero-order chi connectivity index (χ0) is 8.20. The second-order valence-electron chi connectivity index (χ2n) is 3.22. The molecule has 60 valence electrons. The van der Waals surface area contributed by atoms with E-state index in [1.54, 1.807) is 0 Å². The lowest BCUT2D eigenvalue weighted by molar-refractivity contribution is -0.137. The molecule has 0 radical (unpaired) electrons. The second-order valence-corrected chi connectivity index (χ2v) is 3.22. The maximum Gasteiger partial charge on any atom is 0.303 e. The Morgan fingerprint density at radius 1 is 1.50 bits per heavy atom. The van der Waals surface area contributed by atoms with Crippen molar-refractivity contribution in [2.75, 3.05) is 6.61 Å². The predicted octanol–water partition coefficient (Wildman–Crippen LogP) is 0.870. The van der Waals surface area contributed by atoms with Gasteiger partial charge in [-0.05, 0) is 11.8 Å². The molecule has 0 rings (SSSR count).